The van der Waals surface area contributed by atoms with Gasteiger partial charge in [0.25, 0.3) is 0 Å². The molecule has 2 atom stereocenters. The van der Waals surface area contributed by atoms with Gasteiger partial charge in [-0.15, -0.1) is 24.0 Å². The van der Waals surface area contributed by atoms with Gasteiger partial charge in [-0.1, -0.05) is 25.1 Å². The predicted octanol–water partition coefficient (Wildman–Crippen LogP) is 4.35. The number of nitrogens with zero attached hydrogens (tertiary/aromatic N) is 6. The van der Waals surface area contributed by atoms with Gasteiger partial charge in [0.2, 0.25) is 0 Å². The first-order valence-corrected chi connectivity index (χ1v) is 11.2. The number of nitrogens with one attached hydrogen (secondary N) is 1. The van der Waals surface area contributed by atoms with Crippen molar-refractivity contribution in [3.05, 3.63) is 66.0 Å². The molecule has 0 saturated carbocycles. The largest absolute Gasteiger partial charge is 0.357 e. The molecule has 172 valence electrons. The summed E-state index contributed by atoms with van der Waals surface area (Å²) in [6.45, 7) is 12.1. The Bertz CT molecular complexity index is 1010. The van der Waals surface area contributed by atoms with Gasteiger partial charge in [-0.25, -0.2) is 14.7 Å². The van der Waals surface area contributed by atoms with E-state index in [0.29, 0.717) is 18.5 Å². The van der Waals surface area contributed by atoms with E-state index in [2.05, 4.69) is 65.8 Å². The van der Waals surface area contributed by atoms with Crippen molar-refractivity contribution in [1.82, 2.24) is 29.5 Å². The molecule has 1 aliphatic heterocycles. The summed E-state index contributed by atoms with van der Waals surface area (Å²) in [6.07, 6.45) is 7.00. The second-order valence-corrected chi connectivity index (χ2v) is 8.36. The molecule has 3 heterocycles. The number of rotatable bonds is 5. The number of piperidine rings is 1. The van der Waals surface area contributed by atoms with Crippen LogP contribution < -0.4 is 5.32 Å². The molecule has 1 aliphatic rings. The zero-order valence-electron chi connectivity index (χ0n) is 19.4. The van der Waals surface area contributed by atoms with Crippen LogP contribution in [0.25, 0.3) is 5.69 Å². The Morgan fingerprint density at radius 1 is 1.22 bits per heavy atom. The molecule has 2 unspecified atom stereocenters. The summed E-state index contributed by atoms with van der Waals surface area (Å²) >= 11 is 0. The molecule has 4 rings (SSSR count). The fraction of sp³-hybridized carbons (Fsp3) is 0.458. The lowest BCUT2D eigenvalue weighted by Crippen LogP contribution is -2.49. The number of halogens is 1. The summed E-state index contributed by atoms with van der Waals surface area (Å²) in [4.78, 5) is 11.7. The zero-order chi connectivity index (χ0) is 21.8. The number of aryl methyl sites for hydroxylation is 1. The number of imidazole rings is 1. The highest BCUT2D eigenvalue weighted by atomic mass is 127. The highest BCUT2D eigenvalue weighted by Crippen LogP contribution is 2.27. The minimum Gasteiger partial charge on any atom is -0.357 e. The summed E-state index contributed by atoms with van der Waals surface area (Å²) in [6, 6.07) is 10.7. The standard InChI is InChI=1S/C24H33N7.HI/c1-5-26-24(29-13-11-18(2)23(16-29)30-14-12-25-17-30)27-15-22-19(3)28-31(20(22)4)21-9-7-6-8-10-21;/h6-10,12,14,17-18,23H,5,11,13,15-16H2,1-4H3,(H,26,27);1H. The Balaban J connectivity index is 0.00000289. The van der Waals surface area contributed by atoms with E-state index in [1.54, 1.807) is 0 Å². The first kappa shape index (κ1) is 24.3. The van der Waals surface area contributed by atoms with Gasteiger partial charge >= 0.3 is 0 Å². The van der Waals surface area contributed by atoms with E-state index in [0.717, 1.165) is 49.1 Å². The lowest BCUT2D eigenvalue weighted by Gasteiger charge is -2.39. The van der Waals surface area contributed by atoms with Crippen LogP contribution in [-0.4, -0.2) is 49.8 Å². The lowest BCUT2D eigenvalue weighted by atomic mass is 9.93. The van der Waals surface area contributed by atoms with Crippen molar-refractivity contribution >= 4 is 29.9 Å². The van der Waals surface area contributed by atoms with Crippen molar-refractivity contribution in [3.8, 4) is 5.69 Å². The van der Waals surface area contributed by atoms with E-state index >= 15 is 0 Å². The van der Waals surface area contributed by atoms with E-state index in [1.807, 2.05) is 35.4 Å². The Labute approximate surface area is 208 Å². The maximum Gasteiger partial charge on any atom is 0.194 e. The quantitative estimate of drug-likeness (QED) is 0.293. The SMILES string of the molecule is CCNC(=NCc1c(C)nn(-c2ccccc2)c1C)N1CCC(C)C(n2ccnc2)C1.I. The van der Waals surface area contributed by atoms with Crippen molar-refractivity contribution in [3.63, 3.8) is 0 Å². The molecule has 2 aromatic heterocycles. The predicted molar refractivity (Wildman–Crippen MR) is 140 cm³/mol. The first-order chi connectivity index (χ1) is 15.1. The lowest BCUT2D eigenvalue weighted by molar-refractivity contribution is 0.189. The van der Waals surface area contributed by atoms with Gasteiger partial charge < -0.3 is 14.8 Å². The monoisotopic (exact) mass is 547 g/mol. The van der Waals surface area contributed by atoms with Crippen LogP contribution in [0.15, 0.2) is 54.0 Å². The summed E-state index contributed by atoms with van der Waals surface area (Å²) < 4.78 is 4.25. The van der Waals surface area contributed by atoms with Crippen molar-refractivity contribution in [1.29, 1.82) is 0 Å². The van der Waals surface area contributed by atoms with E-state index in [1.165, 1.54) is 5.56 Å². The van der Waals surface area contributed by atoms with Crippen LogP contribution in [0.2, 0.25) is 0 Å². The van der Waals surface area contributed by atoms with Crippen molar-refractivity contribution in [2.24, 2.45) is 10.9 Å². The van der Waals surface area contributed by atoms with Gasteiger partial charge in [-0.05, 0) is 45.2 Å². The van der Waals surface area contributed by atoms with Crippen LogP contribution in [0.5, 0.6) is 0 Å². The van der Waals surface area contributed by atoms with Crippen LogP contribution in [0.4, 0.5) is 0 Å². The molecule has 1 fully saturated rings. The van der Waals surface area contributed by atoms with Crippen LogP contribution in [-0.2, 0) is 6.54 Å². The minimum absolute atomic E-state index is 0. The van der Waals surface area contributed by atoms with Gasteiger partial charge in [0, 0.05) is 43.3 Å². The first-order valence-electron chi connectivity index (χ1n) is 11.2. The summed E-state index contributed by atoms with van der Waals surface area (Å²) in [5.41, 5.74) is 4.45. The number of likely N-dealkylation sites (tertiary alicyclic amines) is 1. The minimum atomic E-state index is 0. The number of benzene rings is 1. The van der Waals surface area contributed by atoms with Gasteiger partial charge in [-0.3, -0.25) is 0 Å². The molecule has 3 aromatic rings. The maximum absolute atomic E-state index is 5.03. The Morgan fingerprint density at radius 3 is 2.69 bits per heavy atom. The second kappa shape index (κ2) is 11.0. The molecular formula is C24H34IN7. The van der Waals surface area contributed by atoms with E-state index in [-0.39, 0.29) is 24.0 Å². The zero-order valence-corrected chi connectivity index (χ0v) is 21.7. The Hall–Kier alpha value is -2.36. The fourth-order valence-electron chi connectivity index (χ4n) is 4.40. The average Bonchev–Trinajstić information content (AvgIpc) is 3.41. The summed E-state index contributed by atoms with van der Waals surface area (Å²) in [5, 5.41) is 8.28. The molecule has 32 heavy (non-hydrogen) atoms. The number of hydrogen-bond donors (Lipinski definition) is 1. The molecule has 0 aliphatic carbocycles. The molecule has 1 aromatic carbocycles. The van der Waals surface area contributed by atoms with Gasteiger partial charge in [-0.2, -0.15) is 5.10 Å². The third kappa shape index (κ3) is 5.16. The van der Waals surface area contributed by atoms with E-state index in [4.69, 9.17) is 10.1 Å². The summed E-state index contributed by atoms with van der Waals surface area (Å²) in [7, 11) is 0. The van der Waals surface area contributed by atoms with Crippen LogP contribution in [0, 0.1) is 19.8 Å². The number of para-hydroxylation sites is 1. The van der Waals surface area contributed by atoms with Crippen LogP contribution in [0.1, 0.15) is 43.3 Å². The van der Waals surface area contributed by atoms with Crippen LogP contribution in [0.3, 0.4) is 0 Å². The van der Waals surface area contributed by atoms with Crippen molar-refractivity contribution in [2.45, 2.75) is 46.7 Å². The Kier molecular flexibility index (Phi) is 8.33. The molecule has 8 heteroatoms. The molecular weight excluding hydrogens is 513 g/mol. The highest BCUT2D eigenvalue weighted by Gasteiger charge is 2.29. The maximum atomic E-state index is 5.03. The van der Waals surface area contributed by atoms with Crippen molar-refractivity contribution in [2.75, 3.05) is 19.6 Å². The number of hydrogen-bond acceptors (Lipinski definition) is 3. The second-order valence-electron chi connectivity index (χ2n) is 8.36. The third-order valence-corrected chi connectivity index (χ3v) is 6.29. The summed E-state index contributed by atoms with van der Waals surface area (Å²) in [5.74, 6) is 1.59. The number of guanidine groups is 1. The van der Waals surface area contributed by atoms with E-state index in [9.17, 15) is 0 Å². The van der Waals surface area contributed by atoms with Gasteiger partial charge in [0.1, 0.15) is 0 Å². The molecule has 0 spiro atoms. The average molecular weight is 547 g/mol. The third-order valence-electron chi connectivity index (χ3n) is 6.29. The van der Waals surface area contributed by atoms with Gasteiger partial charge in [0.15, 0.2) is 5.96 Å². The van der Waals surface area contributed by atoms with E-state index < -0.39 is 0 Å². The molecule has 0 amide bonds. The Morgan fingerprint density at radius 2 is 2.00 bits per heavy atom. The smallest absolute Gasteiger partial charge is 0.194 e. The number of aromatic nitrogens is 4. The van der Waals surface area contributed by atoms with Crippen molar-refractivity contribution < 1.29 is 0 Å². The molecule has 0 radical (unpaired) electrons. The number of aliphatic imine (C=N–C) groups is 1. The van der Waals surface area contributed by atoms with Gasteiger partial charge in [0.05, 0.1) is 30.3 Å². The molecule has 1 N–H and O–H groups in total. The fourth-order valence-corrected chi connectivity index (χ4v) is 4.40. The molecule has 1 saturated heterocycles. The molecule has 7 nitrogen and oxygen atoms in total. The molecule has 0 bridgehead atoms. The topological polar surface area (TPSA) is 63.3 Å². The highest BCUT2D eigenvalue weighted by molar-refractivity contribution is 14.0. The normalized spacial score (nSPS) is 19.0. The van der Waals surface area contributed by atoms with Crippen LogP contribution >= 0.6 is 24.0 Å².